The van der Waals surface area contributed by atoms with Crippen LogP contribution in [0.1, 0.15) is 29.9 Å². The van der Waals surface area contributed by atoms with Crippen molar-refractivity contribution in [2.24, 2.45) is 0 Å². The maximum Gasteiger partial charge on any atom is 0.409 e. The molecule has 2 N–H and O–H groups in total. The molecule has 0 aromatic heterocycles. The van der Waals surface area contributed by atoms with E-state index in [0.29, 0.717) is 6.54 Å². The predicted octanol–water partition coefficient (Wildman–Crippen LogP) is 2.84. The molecule has 1 atom stereocenters. The maximum atomic E-state index is 12.6. The lowest BCUT2D eigenvalue weighted by Gasteiger charge is -2.47. The zero-order valence-corrected chi connectivity index (χ0v) is 17.3. The minimum absolute atomic E-state index is 0.0144. The van der Waals surface area contributed by atoms with E-state index in [-0.39, 0.29) is 31.7 Å². The summed E-state index contributed by atoms with van der Waals surface area (Å²) < 4.78 is 11.2. The van der Waals surface area contributed by atoms with Gasteiger partial charge in [-0.05, 0) is 35.1 Å². The van der Waals surface area contributed by atoms with Gasteiger partial charge in [0.1, 0.15) is 6.61 Å². The minimum atomic E-state index is -1.13. The van der Waals surface area contributed by atoms with Crippen LogP contribution in [0.5, 0.6) is 0 Å². The third kappa shape index (κ3) is 3.58. The second kappa shape index (κ2) is 7.98. The molecule has 7 nitrogen and oxygen atoms in total. The van der Waals surface area contributed by atoms with E-state index in [1.165, 1.54) is 16.0 Å². The Bertz CT molecular complexity index is 949. The number of ether oxygens (including phenoxy) is 2. The average molecular weight is 422 g/mol. The van der Waals surface area contributed by atoms with Gasteiger partial charge in [0.25, 0.3) is 0 Å². The topological polar surface area (TPSA) is 88.1 Å². The molecule has 2 aliphatic heterocycles. The molecule has 1 amide bonds. The van der Waals surface area contributed by atoms with Crippen LogP contribution in [0.2, 0.25) is 0 Å². The molecule has 2 saturated heterocycles. The fraction of sp³-hybridized carbons (Fsp3) is 0.417. The minimum Gasteiger partial charge on any atom is -0.480 e. The summed E-state index contributed by atoms with van der Waals surface area (Å²) in [5.74, 6) is -0.965. The van der Waals surface area contributed by atoms with Gasteiger partial charge in [-0.1, -0.05) is 48.5 Å². The second-order valence-corrected chi connectivity index (χ2v) is 8.56. The highest BCUT2D eigenvalue weighted by Crippen LogP contribution is 2.44. The second-order valence-electron chi connectivity index (χ2n) is 8.56. The highest BCUT2D eigenvalue weighted by Gasteiger charge is 2.52. The predicted molar refractivity (Wildman–Crippen MR) is 114 cm³/mol. The smallest absolute Gasteiger partial charge is 0.409 e. The lowest BCUT2D eigenvalue weighted by Crippen LogP contribution is -2.74. The lowest BCUT2D eigenvalue weighted by molar-refractivity contribution is -0.152. The number of nitrogens with one attached hydrogen (secondary N) is 1. The van der Waals surface area contributed by atoms with Crippen LogP contribution in [-0.4, -0.2) is 66.6 Å². The first-order valence-electron chi connectivity index (χ1n) is 10.8. The summed E-state index contributed by atoms with van der Waals surface area (Å²) in [5.41, 5.74) is 3.52. The van der Waals surface area contributed by atoms with E-state index < -0.39 is 17.6 Å². The van der Waals surface area contributed by atoms with E-state index in [9.17, 15) is 14.7 Å². The molecule has 2 aromatic carbocycles. The number of aliphatic carboxylic acids is 1. The van der Waals surface area contributed by atoms with Crippen LogP contribution in [0.3, 0.4) is 0 Å². The Labute approximate surface area is 181 Å². The molecule has 1 unspecified atom stereocenters. The van der Waals surface area contributed by atoms with Crippen molar-refractivity contribution in [1.82, 2.24) is 10.2 Å². The molecule has 31 heavy (non-hydrogen) atoms. The third-order valence-corrected chi connectivity index (χ3v) is 6.62. The molecule has 0 bridgehead atoms. The first-order valence-corrected chi connectivity index (χ1v) is 10.8. The van der Waals surface area contributed by atoms with Crippen LogP contribution in [0.15, 0.2) is 48.5 Å². The number of amides is 1. The fourth-order valence-electron chi connectivity index (χ4n) is 4.86. The largest absolute Gasteiger partial charge is 0.480 e. The van der Waals surface area contributed by atoms with Gasteiger partial charge in [0.05, 0.1) is 19.2 Å². The molecule has 2 fully saturated rings. The fourth-order valence-corrected chi connectivity index (χ4v) is 4.86. The normalized spacial score (nSPS) is 21.3. The molecule has 0 radical (unpaired) electrons. The quantitative estimate of drug-likeness (QED) is 0.744. The van der Waals surface area contributed by atoms with Gasteiger partial charge in [0.2, 0.25) is 0 Å². The van der Waals surface area contributed by atoms with Gasteiger partial charge in [0, 0.05) is 19.1 Å². The van der Waals surface area contributed by atoms with Crippen LogP contribution < -0.4 is 5.32 Å². The van der Waals surface area contributed by atoms with Crippen molar-refractivity contribution in [2.45, 2.75) is 30.4 Å². The number of fused-ring (bicyclic) bond motifs is 3. The van der Waals surface area contributed by atoms with E-state index >= 15 is 0 Å². The number of carboxylic acids is 1. The van der Waals surface area contributed by atoms with Crippen LogP contribution in [0.25, 0.3) is 11.1 Å². The molecule has 3 aliphatic rings. The van der Waals surface area contributed by atoms with Crippen LogP contribution >= 0.6 is 0 Å². The molecule has 2 heterocycles. The number of benzene rings is 2. The Hall–Kier alpha value is -2.90. The summed E-state index contributed by atoms with van der Waals surface area (Å²) in [6.45, 7) is 1.60. The molecule has 1 aliphatic carbocycles. The van der Waals surface area contributed by atoms with Crippen molar-refractivity contribution in [3.05, 3.63) is 59.7 Å². The summed E-state index contributed by atoms with van der Waals surface area (Å²) in [4.78, 5) is 25.9. The van der Waals surface area contributed by atoms with E-state index in [4.69, 9.17) is 9.47 Å². The number of carbonyl (C=O) groups is 2. The van der Waals surface area contributed by atoms with Crippen LogP contribution in [0, 0.1) is 0 Å². The molecule has 0 spiro atoms. The molecular formula is C24H26N2O5. The summed E-state index contributed by atoms with van der Waals surface area (Å²) in [5, 5.41) is 12.8. The van der Waals surface area contributed by atoms with Gasteiger partial charge in [-0.2, -0.15) is 0 Å². The molecule has 0 saturated carbocycles. The maximum absolute atomic E-state index is 12.6. The van der Waals surface area contributed by atoms with E-state index in [0.717, 1.165) is 30.6 Å². The van der Waals surface area contributed by atoms with Crippen molar-refractivity contribution < 1.29 is 24.2 Å². The SMILES string of the molecule is O=C(OCC1c2ccccc2-c2ccccc21)N1CC(NCC2CCCO2)(C(=O)O)C1. The van der Waals surface area contributed by atoms with Crippen LogP contribution in [0.4, 0.5) is 4.79 Å². The van der Waals surface area contributed by atoms with Gasteiger partial charge in [-0.15, -0.1) is 0 Å². The molecule has 162 valence electrons. The number of likely N-dealkylation sites (tertiary alicyclic amines) is 1. The van der Waals surface area contributed by atoms with Crippen molar-refractivity contribution >= 4 is 12.1 Å². The first-order chi connectivity index (χ1) is 15.1. The van der Waals surface area contributed by atoms with Crippen molar-refractivity contribution in [3.8, 4) is 11.1 Å². The summed E-state index contributed by atoms with van der Waals surface area (Å²) in [7, 11) is 0. The van der Waals surface area contributed by atoms with Gasteiger partial charge in [0.15, 0.2) is 5.54 Å². The highest BCUT2D eigenvalue weighted by molar-refractivity contribution is 5.84. The Kier molecular flexibility index (Phi) is 5.16. The van der Waals surface area contributed by atoms with E-state index in [1.807, 2.05) is 24.3 Å². The average Bonchev–Trinajstić information content (AvgIpc) is 3.37. The molecule has 2 aromatic rings. The van der Waals surface area contributed by atoms with Crippen molar-refractivity contribution in [3.63, 3.8) is 0 Å². The van der Waals surface area contributed by atoms with Gasteiger partial charge < -0.3 is 19.5 Å². The zero-order valence-electron chi connectivity index (χ0n) is 17.3. The Morgan fingerprint density at radius 2 is 1.74 bits per heavy atom. The van der Waals surface area contributed by atoms with Gasteiger partial charge in [-0.3, -0.25) is 10.1 Å². The third-order valence-electron chi connectivity index (χ3n) is 6.62. The number of nitrogens with zero attached hydrogens (tertiary/aromatic N) is 1. The Morgan fingerprint density at radius 3 is 2.32 bits per heavy atom. The summed E-state index contributed by atoms with van der Waals surface area (Å²) >= 11 is 0. The Morgan fingerprint density at radius 1 is 1.10 bits per heavy atom. The van der Waals surface area contributed by atoms with Gasteiger partial charge in [-0.25, -0.2) is 4.79 Å². The molecule has 7 heteroatoms. The number of rotatable bonds is 6. The van der Waals surface area contributed by atoms with E-state index in [2.05, 4.69) is 29.6 Å². The molecule has 5 rings (SSSR count). The standard InChI is InChI=1S/C24H26N2O5/c27-22(28)24(25-12-16-6-5-11-30-16)14-26(15-24)23(29)31-13-21-19-9-3-1-7-17(19)18-8-2-4-10-20(18)21/h1-4,7-10,16,21,25H,5-6,11-15H2,(H,27,28). The Balaban J connectivity index is 1.20. The number of carbonyl (C=O) groups excluding carboxylic acids is 1. The zero-order chi connectivity index (χ0) is 21.4. The lowest BCUT2D eigenvalue weighted by atomic mass is 9.90. The molecular weight excluding hydrogens is 396 g/mol. The van der Waals surface area contributed by atoms with E-state index in [1.54, 1.807) is 0 Å². The number of carboxylic acid groups (broad SMARTS) is 1. The number of hydrogen-bond acceptors (Lipinski definition) is 5. The number of hydrogen-bond donors (Lipinski definition) is 2. The summed E-state index contributed by atoms with van der Waals surface area (Å²) in [6.07, 6.45) is 1.49. The first kappa shape index (κ1) is 20.0. The summed E-state index contributed by atoms with van der Waals surface area (Å²) in [6, 6.07) is 16.3. The van der Waals surface area contributed by atoms with Crippen LogP contribution in [-0.2, 0) is 14.3 Å². The highest BCUT2D eigenvalue weighted by atomic mass is 16.6. The monoisotopic (exact) mass is 422 g/mol. The van der Waals surface area contributed by atoms with Gasteiger partial charge >= 0.3 is 12.1 Å². The van der Waals surface area contributed by atoms with Crippen molar-refractivity contribution in [2.75, 3.05) is 32.8 Å². The van der Waals surface area contributed by atoms with Crippen molar-refractivity contribution in [1.29, 1.82) is 0 Å².